The molecular weight excluding hydrogens is 378 g/mol. The Hall–Kier alpha value is -2.60. The molecule has 1 aromatic carbocycles. The minimum atomic E-state index is 0.187. The van der Waals surface area contributed by atoms with Crippen LogP contribution in [0.5, 0.6) is 5.75 Å². The quantitative estimate of drug-likeness (QED) is 0.757. The molecule has 0 atom stereocenters. The molecule has 0 bridgehead atoms. The first kappa shape index (κ1) is 20.7. The van der Waals surface area contributed by atoms with Crippen LogP contribution in [-0.2, 0) is 16.0 Å². The van der Waals surface area contributed by atoms with Gasteiger partial charge in [0, 0.05) is 31.7 Å². The standard InChI is InChI=1S/C24H31N3O3/c1-18-16-20(17-22(28)26-10-4-3-5-11-26)25-24(27-12-14-30-15-13-27)23(18)19-6-8-21(29-2)9-7-19/h6-9,16H,3-5,10-15,17H2,1-2H3. The van der Waals surface area contributed by atoms with E-state index in [1.165, 1.54) is 6.42 Å². The van der Waals surface area contributed by atoms with Gasteiger partial charge in [-0.1, -0.05) is 12.1 Å². The van der Waals surface area contributed by atoms with Gasteiger partial charge in [-0.3, -0.25) is 4.79 Å². The van der Waals surface area contributed by atoms with Gasteiger partial charge in [0.05, 0.1) is 32.4 Å². The van der Waals surface area contributed by atoms with E-state index in [1.807, 2.05) is 17.0 Å². The molecule has 0 radical (unpaired) electrons. The highest BCUT2D eigenvalue weighted by atomic mass is 16.5. The number of benzene rings is 1. The fraction of sp³-hybridized carbons (Fsp3) is 0.500. The number of morpholine rings is 1. The zero-order valence-corrected chi connectivity index (χ0v) is 18.0. The van der Waals surface area contributed by atoms with Crippen LogP contribution in [0.3, 0.4) is 0 Å². The molecule has 1 amide bonds. The van der Waals surface area contributed by atoms with Gasteiger partial charge in [-0.15, -0.1) is 0 Å². The van der Waals surface area contributed by atoms with Gasteiger partial charge in [-0.25, -0.2) is 4.98 Å². The van der Waals surface area contributed by atoms with Crippen LogP contribution in [0.25, 0.3) is 11.1 Å². The van der Waals surface area contributed by atoms with Gasteiger partial charge in [-0.2, -0.15) is 0 Å². The number of hydrogen-bond acceptors (Lipinski definition) is 5. The number of methoxy groups -OCH3 is 1. The van der Waals surface area contributed by atoms with Crippen LogP contribution in [-0.4, -0.2) is 62.3 Å². The van der Waals surface area contributed by atoms with Gasteiger partial charge in [0.15, 0.2) is 0 Å². The number of hydrogen-bond donors (Lipinski definition) is 0. The Bertz CT molecular complexity index is 870. The molecule has 2 aliphatic rings. The van der Waals surface area contributed by atoms with Gasteiger partial charge < -0.3 is 19.3 Å². The van der Waals surface area contributed by atoms with Crippen LogP contribution in [0.1, 0.15) is 30.5 Å². The number of amides is 1. The number of carbonyl (C=O) groups excluding carboxylic acids is 1. The summed E-state index contributed by atoms with van der Waals surface area (Å²) in [5, 5.41) is 0. The van der Waals surface area contributed by atoms with Crippen LogP contribution < -0.4 is 9.64 Å². The summed E-state index contributed by atoms with van der Waals surface area (Å²) in [5.74, 6) is 1.97. The number of aryl methyl sites for hydroxylation is 1. The first-order valence-electron chi connectivity index (χ1n) is 10.9. The maximum Gasteiger partial charge on any atom is 0.228 e. The van der Waals surface area contributed by atoms with Crippen molar-refractivity contribution in [3.8, 4) is 16.9 Å². The van der Waals surface area contributed by atoms with Gasteiger partial charge in [-0.05, 0) is 55.5 Å². The average molecular weight is 410 g/mol. The van der Waals surface area contributed by atoms with E-state index in [9.17, 15) is 4.79 Å². The third kappa shape index (κ3) is 4.59. The summed E-state index contributed by atoms with van der Waals surface area (Å²) in [6, 6.07) is 10.2. The van der Waals surface area contributed by atoms with Crippen molar-refractivity contribution in [3.05, 3.63) is 41.6 Å². The summed E-state index contributed by atoms with van der Waals surface area (Å²) in [6.07, 6.45) is 3.79. The molecule has 4 rings (SSSR count). The van der Waals surface area contributed by atoms with Crippen LogP contribution in [0.15, 0.2) is 30.3 Å². The highest BCUT2D eigenvalue weighted by Crippen LogP contribution is 2.34. The lowest BCUT2D eigenvalue weighted by Crippen LogP contribution is -2.38. The molecule has 2 fully saturated rings. The zero-order valence-electron chi connectivity index (χ0n) is 18.0. The summed E-state index contributed by atoms with van der Waals surface area (Å²) < 4.78 is 10.9. The SMILES string of the molecule is COc1ccc(-c2c(C)cc(CC(=O)N3CCCCC3)nc2N2CCOCC2)cc1. The van der Waals surface area contributed by atoms with E-state index >= 15 is 0 Å². The molecule has 0 unspecified atom stereocenters. The van der Waals surface area contributed by atoms with E-state index in [0.717, 1.165) is 73.0 Å². The molecule has 2 aromatic rings. The van der Waals surface area contributed by atoms with Crippen LogP contribution in [0.4, 0.5) is 5.82 Å². The second-order valence-corrected chi connectivity index (χ2v) is 8.08. The van der Waals surface area contributed by atoms with Crippen LogP contribution in [0, 0.1) is 6.92 Å². The number of pyridine rings is 1. The molecule has 0 spiro atoms. The first-order chi connectivity index (χ1) is 14.7. The Morgan fingerprint density at radius 2 is 1.77 bits per heavy atom. The fourth-order valence-electron chi connectivity index (χ4n) is 4.34. The largest absolute Gasteiger partial charge is 0.497 e. The molecule has 30 heavy (non-hydrogen) atoms. The van der Waals surface area contributed by atoms with Crippen LogP contribution >= 0.6 is 0 Å². The lowest BCUT2D eigenvalue weighted by molar-refractivity contribution is -0.131. The first-order valence-corrected chi connectivity index (χ1v) is 10.9. The summed E-state index contributed by atoms with van der Waals surface area (Å²) >= 11 is 0. The van der Waals surface area contributed by atoms with Crippen molar-refractivity contribution < 1.29 is 14.3 Å². The molecule has 3 heterocycles. The minimum absolute atomic E-state index is 0.187. The third-order valence-electron chi connectivity index (χ3n) is 5.98. The predicted molar refractivity (Wildman–Crippen MR) is 118 cm³/mol. The molecule has 160 valence electrons. The number of ether oxygens (including phenoxy) is 2. The van der Waals surface area contributed by atoms with Crippen molar-refractivity contribution in [1.82, 2.24) is 9.88 Å². The van der Waals surface area contributed by atoms with E-state index in [1.54, 1.807) is 7.11 Å². The lowest BCUT2D eigenvalue weighted by atomic mass is 9.99. The molecular formula is C24H31N3O3. The summed E-state index contributed by atoms with van der Waals surface area (Å²) in [7, 11) is 1.68. The Kier molecular flexibility index (Phi) is 6.53. The highest BCUT2D eigenvalue weighted by Gasteiger charge is 2.22. The zero-order chi connectivity index (χ0) is 20.9. The monoisotopic (exact) mass is 409 g/mol. The molecule has 0 saturated carbocycles. The van der Waals surface area contributed by atoms with Gasteiger partial charge in [0.2, 0.25) is 5.91 Å². The normalized spacial score (nSPS) is 17.1. The van der Waals surface area contributed by atoms with Gasteiger partial charge in [0.25, 0.3) is 0 Å². The second-order valence-electron chi connectivity index (χ2n) is 8.08. The second kappa shape index (κ2) is 9.47. The van der Waals surface area contributed by atoms with E-state index < -0.39 is 0 Å². The van der Waals surface area contributed by atoms with Crippen molar-refractivity contribution in [2.75, 3.05) is 51.4 Å². The van der Waals surface area contributed by atoms with Crippen molar-refractivity contribution in [1.29, 1.82) is 0 Å². The number of nitrogens with zero attached hydrogens (tertiary/aromatic N) is 3. The average Bonchev–Trinajstić information content (AvgIpc) is 2.80. The van der Waals surface area contributed by atoms with E-state index in [4.69, 9.17) is 14.5 Å². The Morgan fingerprint density at radius 3 is 2.43 bits per heavy atom. The number of aromatic nitrogens is 1. The number of piperidine rings is 1. The predicted octanol–water partition coefficient (Wildman–Crippen LogP) is 3.46. The Labute approximate surface area is 178 Å². The number of likely N-dealkylation sites (tertiary alicyclic amines) is 1. The summed E-state index contributed by atoms with van der Waals surface area (Å²) in [6.45, 7) is 6.86. The molecule has 6 nitrogen and oxygen atoms in total. The molecule has 1 aromatic heterocycles. The Balaban J connectivity index is 1.67. The van der Waals surface area contributed by atoms with Crippen molar-refractivity contribution in [2.45, 2.75) is 32.6 Å². The maximum atomic E-state index is 12.8. The van der Waals surface area contributed by atoms with Gasteiger partial charge >= 0.3 is 0 Å². The summed E-state index contributed by atoms with van der Waals surface area (Å²) in [5.41, 5.74) is 4.21. The Morgan fingerprint density at radius 1 is 1.07 bits per heavy atom. The molecule has 6 heteroatoms. The van der Waals surface area contributed by atoms with Crippen LogP contribution in [0.2, 0.25) is 0 Å². The number of anilines is 1. The summed E-state index contributed by atoms with van der Waals surface area (Å²) in [4.78, 5) is 22.1. The van der Waals surface area contributed by atoms with E-state index in [-0.39, 0.29) is 5.91 Å². The van der Waals surface area contributed by atoms with Crippen molar-refractivity contribution in [3.63, 3.8) is 0 Å². The molecule has 2 aliphatic heterocycles. The molecule has 2 saturated heterocycles. The smallest absolute Gasteiger partial charge is 0.228 e. The van der Waals surface area contributed by atoms with E-state index in [0.29, 0.717) is 19.6 Å². The third-order valence-corrected chi connectivity index (χ3v) is 5.98. The molecule has 0 aliphatic carbocycles. The lowest BCUT2D eigenvalue weighted by Gasteiger charge is -2.31. The van der Waals surface area contributed by atoms with Crippen molar-refractivity contribution in [2.24, 2.45) is 0 Å². The van der Waals surface area contributed by atoms with Gasteiger partial charge in [0.1, 0.15) is 11.6 Å². The molecule has 0 N–H and O–H groups in total. The fourth-order valence-corrected chi connectivity index (χ4v) is 4.34. The number of rotatable bonds is 5. The van der Waals surface area contributed by atoms with Crippen molar-refractivity contribution >= 4 is 11.7 Å². The highest BCUT2D eigenvalue weighted by molar-refractivity contribution is 5.82. The number of carbonyl (C=O) groups is 1. The maximum absolute atomic E-state index is 12.8. The topological polar surface area (TPSA) is 54.9 Å². The van der Waals surface area contributed by atoms with E-state index in [2.05, 4.69) is 30.0 Å². The minimum Gasteiger partial charge on any atom is -0.497 e.